The number of nitrogens with zero attached hydrogens (tertiary/aromatic N) is 1. The first kappa shape index (κ1) is 10.4. The van der Waals surface area contributed by atoms with Gasteiger partial charge in [0.25, 0.3) is 0 Å². The summed E-state index contributed by atoms with van der Waals surface area (Å²) in [7, 11) is 0. The molecular weight excluding hydrogens is 171 g/mol. The fourth-order valence-corrected chi connectivity index (χ4v) is 1.68. The van der Waals surface area contributed by atoms with Crippen LogP contribution in [0.2, 0.25) is 0 Å². The second-order valence-corrected chi connectivity index (χ2v) is 3.74. The van der Waals surface area contributed by atoms with Crippen LogP contribution >= 0.6 is 0 Å². The Hall–Kier alpha value is -0.640. The van der Waals surface area contributed by atoms with Crippen LogP contribution in [0.1, 0.15) is 19.8 Å². The summed E-state index contributed by atoms with van der Waals surface area (Å²) in [6.45, 7) is 2.61. The molecule has 3 nitrogen and oxygen atoms in total. The summed E-state index contributed by atoms with van der Waals surface area (Å²) in [5, 5.41) is 0. The molecule has 13 heavy (non-hydrogen) atoms. The van der Waals surface area contributed by atoms with E-state index >= 15 is 0 Å². The molecule has 0 spiro atoms. The number of rotatable bonds is 2. The minimum atomic E-state index is -0.460. The number of hydrogen-bond donors (Lipinski definition) is 1. The molecular formula is C9H17FN2O. The van der Waals surface area contributed by atoms with Gasteiger partial charge in [0.05, 0.1) is 12.7 Å². The lowest BCUT2D eigenvalue weighted by molar-refractivity contribution is -0.134. The maximum Gasteiger partial charge on any atom is 0.239 e. The molecule has 0 aromatic rings. The summed E-state index contributed by atoms with van der Waals surface area (Å²) in [5.41, 5.74) is 5.47. The predicted molar refractivity (Wildman–Crippen MR) is 48.9 cm³/mol. The van der Waals surface area contributed by atoms with Crippen molar-refractivity contribution in [3.63, 3.8) is 0 Å². The Kier molecular flexibility index (Phi) is 3.66. The zero-order valence-electron chi connectivity index (χ0n) is 8.00. The molecule has 76 valence electrons. The van der Waals surface area contributed by atoms with E-state index in [9.17, 15) is 9.18 Å². The van der Waals surface area contributed by atoms with E-state index in [0.717, 1.165) is 19.4 Å². The summed E-state index contributed by atoms with van der Waals surface area (Å²) in [6, 6.07) is -0.460. The number of nitrogens with two attached hydrogens (primary N) is 1. The quantitative estimate of drug-likeness (QED) is 0.687. The van der Waals surface area contributed by atoms with E-state index in [1.165, 1.54) is 0 Å². The summed E-state index contributed by atoms with van der Waals surface area (Å²) in [5.74, 6) is -0.0328. The average Bonchev–Trinajstić information content (AvgIpc) is 2.16. The Morgan fingerprint density at radius 1 is 1.77 bits per heavy atom. The maximum atomic E-state index is 12.3. The summed E-state index contributed by atoms with van der Waals surface area (Å²) >= 11 is 0. The third-order valence-electron chi connectivity index (χ3n) is 2.44. The van der Waals surface area contributed by atoms with Crippen LogP contribution in [0.5, 0.6) is 0 Å². The van der Waals surface area contributed by atoms with Crippen LogP contribution in [0, 0.1) is 5.92 Å². The van der Waals surface area contributed by atoms with Gasteiger partial charge in [-0.15, -0.1) is 0 Å². The maximum absolute atomic E-state index is 12.3. The fourth-order valence-electron chi connectivity index (χ4n) is 1.68. The van der Waals surface area contributed by atoms with Crippen LogP contribution < -0.4 is 5.73 Å². The highest BCUT2D eigenvalue weighted by molar-refractivity contribution is 5.81. The van der Waals surface area contributed by atoms with Gasteiger partial charge in [0.15, 0.2) is 0 Å². The van der Waals surface area contributed by atoms with Crippen molar-refractivity contribution < 1.29 is 9.18 Å². The molecule has 4 heteroatoms. The lowest BCUT2D eigenvalue weighted by Crippen LogP contribution is -2.47. The van der Waals surface area contributed by atoms with Crippen molar-refractivity contribution in [3.05, 3.63) is 0 Å². The van der Waals surface area contributed by atoms with Crippen molar-refractivity contribution in [1.82, 2.24) is 4.90 Å². The molecule has 1 rings (SSSR count). The molecule has 0 unspecified atom stereocenters. The fraction of sp³-hybridized carbons (Fsp3) is 0.889. The molecule has 2 N–H and O–H groups in total. The molecule has 1 aliphatic rings. The van der Waals surface area contributed by atoms with Crippen molar-refractivity contribution in [2.75, 3.05) is 19.8 Å². The van der Waals surface area contributed by atoms with Crippen LogP contribution in [0.15, 0.2) is 0 Å². The SMILES string of the molecule is C[C@@H](N)C(=O)N1CCC[C@H](CF)C1. The molecule has 2 atom stereocenters. The largest absolute Gasteiger partial charge is 0.341 e. The summed E-state index contributed by atoms with van der Waals surface area (Å²) in [6.07, 6.45) is 1.78. The smallest absolute Gasteiger partial charge is 0.239 e. The van der Waals surface area contributed by atoms with Crippen LogP contribution in [-0.4, -0.2) is 36.6 Å². The second-order valence-electron chi connectivity index (χ2n) is 3.74. The molecule has 0 saturated carbocycles. The lowest BCUT2D eigenvalue weighted by Gasteiger charge is -2.32. The number of alkyl halides is 1. The number of carbonyl (C=O) groups excluding carboxylic acids is 1. The number of hydrogen-bond acceptors (Lipinski definition) is 2. The van der Waals surface area contributed by atoms with Crippen molar-refractivity contribution in [2.45, 2.75) is 25.8 Å². The van der Waals surface area contributed by atoms with E-state index in [0.29, 0.717) is 6.54 Å². The molecule has 0 aliphatic carbocycles. The molecule has 1 saturated heterocycles. The highest BCUT2D eigenvalue weighted by Gasteiger charge is 2.24. The van der Waals surface area contributed by atoms with Crippen LogP contribution in [-0.2, 0) is 4.79 Å². The van der Waals surface area contributed by atoms with E-state index in [-0.39, 0.29) is 18.5 Å². The highest BCUT2D eigenvalue weighted by Crippen LogP contribution is 2.17. The number of halogens is 1. The van der Waals surface area contributed by atoms with Crippen molar-refractivity contribution in [2.24, 2.45) is 11.7 Å². The second kappa shape index (κ2) is 4.56. The topological polar surface area (TPSA) is 46.3 Å². The van der Waals surface area contributed by atoms with E-state index in [4.69, 9.17) is 5.73 Å². The van der Waals surface area contributed by atoms with Gasteiger partial charge >= 0.3 is 0 Å². The van der Waals surface area contributed by atoms with Gasteiger partial charge < -0.3 is 10.6 Å². The molecule has 1 amide bonds. The van der Waals surface area contributed by atoms with Gasteiger partial charge in [0.2, 0.25) is 5.91 Å². The number of piperidine rings is 1. The first-order valence-corrected chi connectivity index (χ1v) is 4.75. The Morgan fingerprint density at radius 3 is 3.00 bits per heavy atom. The van der Waals surface area contributed by atoms with Crippen LogP contribution in [0.4, 0.5) is 4.39 Å². The minimum absolute atomic E-state index is 0.0245. The van der Waals surface area contributed by atoms with Gasteiger partial charge in [0, 0.05) is 19.0 Å². The molecule has 0 aromatic heterocycles. The first-order chi connectivity index (χ1) is 6.15. The lowest BCUT2D eigenvalue weighted by atomic mass is 9.99. The third kappa shape index (κ3) is 2.66. The number of likely N-dealkylation sites (tertiary alicyclic amines) is 1. The minimum Gasteiger partial charge on any atom is -0.341 e. The van der Waals surface area contributed by atoms with E-state index in [1.54, 1.807) is 11.8 Å². The van der Waals surface area contributed by atoms with Gasteiger partial charge in [-0.2, -0.15) is 0 Å². The molecule has 1 aliphatic heterocycles. The summed E-state index contributed by atoms with van der Waals surface area (Å²) < 4.78 is 12.3. The molecule has 1 heterocycles. The predicted octanol–water partition coefficient (Wildman–Crippen LogP) is 0.542. The Morgan fingerprint density at radius 2 is 2.46 bits per heavy atom. The zero-order valence-corrected chi connectivity index (χ0v) is 8.00. The van der Waals surface area contributed by atoms with E-state index < -0.39 is 6.04 Å². The average molecular weight is 188 g/mol. The zero-order chi connectivity index (χ0) is 9.84. The standard InChI is InChI=1S/C9H17FN2O/c1-7(11)9(13)12-4-2-3-8(5-10)6-12/h7-8H,2-6,11H2,1H3/t7-,8-/m1/s1. The van der Waals surface area contributed by atoms with Crippen LogP contribution in [0.25, 0.3) is 0 Å². The molecule has 0 radical (unpaired) electrons. The number of amides is 1. The Balaban J connectivity index is 2.46. The Labute approximate surface area is 78.1 Å². The normalized spacial score (nSPS) is 25.8. The van der Waals surface area contributed by atoms with Crippen LogP contribution in [0.3, 0.4) is 0 Å². The highest BCUT2D eigenvalue weighted by atomic mass is 19.1. The van der Waals surface area contributed by atoms with E-state index in [1.807, 2.05) is 0 Å². The van der Waals surface area contributed by atoms with Gasteiger partial charge in [-0.1, -0.05) is 0 Å². The van der Waals surface area contributed by atoms with Crippen molar-refractivity contribution in [3.8, 4) is 0 Å². The van der Waals surface area contributed by atoms with Crippen molar-refractivity contribution in [1.29, 1.82) is 0 Å². The van der Waals surface area contributed by atoms with Gasteiger partial charge in [-0.3, -0.25) is 9.18 Å². The summed E-state index contributed by atoms with van der Waals surface area (Å²) in [4.78, 5) is 13.1. The Bertz CT molecular complexity index is 184. The van der Waals surface area contributed by atoms with Crippen molar-refractivity contribution >= 4 is 5.91 Å². The van der Waals surface area contributed by atoms with E-state index in [2.05, 4.69) is 0 Å². The first-order valence-electron chi connectivity index (χ1n) is 4.75. The van der Waals surface area contributed by atoms with Gasteiger partial charge in [-0.05, 0) is 19.8 Å². The van der Waals surface area contributed by atoms with Gasteiger partial charge in [-0.25, -0.2) is 0 Å². The third-order valence-corrected chi connectivity index (χ3v) is 2.44. The number of carbonyl (C=O) groups is 1. The molecule has 0 aromatic carbocycles. The van der Waals surface area contributed by atoms with Gasteiger partial charge in [0.1, 0.15) is 0 Å². The molecule has 0 bridgehead atoms. The molecule has 1 fully saturated rings. The monoisotopic (exact) mass is 188 g/mol.